The maximum absolute atomic E-state index is 12.6. The number of nitrogens with one attached hydrogen (secondary N) is 1. The first-order chi connectivity index (χ1) is 13.9. The number of benzene rings is 1. The normalized spacial score (nSPS) is 18.0. The van der Waals surface area contributed by atoms with Crippen LogP contribution in [0, 0.1) is 0 Å². The number of rotatable bonds is 3. The third kappa shape index (κ3) is 2.87. The van der Waals surface area contributed by atoms with Gasteiger partial charge in [-0.05, 0) is 13.0 Å². The van der Waals surface area contributed by atoms with Gasteiger partial charge >= 0.3 is 0 Å². The summed E-state index contributed by atoms with van der Waals surface area (Å²) in [6, 6.07) is 7.22. The number of hydrogen-bond donors (Lipinski definition) is 1. The fraction of sp³-hybridized carbons (Fsp3) is 0.316. The Bertz CT molecular complexity index is 1310. The molecule has 0 saturated carbocycles. The molecule has 0 radical (unpaired) electrons. The molecule has 1 atom stereocenters. The van der Waals surface area contributed by atoms with E-state index in [-0.39, 0.29) is 10.9 Å². The molecule has 1 aliphatic rings. The summed E-state index contributed by atoms with van der Waals surface area (Å²) in [6.07, 6.45) is 4.52. The molecule has 1 aliphatic heterocycles. The Labute approximate surface area is 167 Å². The average Bonchev–Trinajstić information content (AvgIpc) is 3.36. The van der Waals surface area contributed by atoms with Crippen LogP contribution in [0.1, 0.15) is 6.92 Å². The molecule has 4 heterocycles. The molecule has 4 aromatic rings. The fourth-order valence-corrected chi connectivity index (χ4v) is 4.81. The van der Waals surface area contributed by atoms with Crippen LogP contribution in [0.2, 0.25) is 0 Å². The maximum atomic E-state index is 12.6. The molecule has 10 heteroatoms. The summed E-state index contributed by atoms with van der Waals surface area (Å²) in [5.41, 5.74) is 0.576. The molecule has 0 unspecified atom stereocenters. The number of pyridine rings is 1. The van der Waals surface area contributed by atoms with Crippen LogP contribution in [-0.2, 0) is 14.6 Å². The van der Waals surface area contributed by atoms with Gasteiger partial charge in [-0.25, -0.2) is 13.4 Å². The molecule has 0 aliphatic carbocycles. The minimum absolute atomic E-state index is 0.113. The fourth-order valence-electron chi connectivity index (χ4n) is 3.89. The molecule has 0 spiro atoms. The van der Waals surface area contributed by atoms with Gasteiger partial charge in [0.1, 0.15) is 5.82 Å². The van der Waals surface area contributed by atoms with E-state index in [1.807, 2.05) is 6.07 Å². The summed E-state index contributed by atoms with van der Waals surface area (Å²) < 4.78 is 32.4. The molecule has 150 valence electrons. The number of hydrogen-bond acceptors (Lipinski definition) is 7. The number of sulfone groups is 1. The molecule has 1 fully saturated rings. The highest BCUT2D eigenvalue weighted by molar-refractivity contribution is 7.91. The van der Waals surface area contributed by atoms with Crippen LogP contribution in [0.5, 0.6) is 0 Å². The Kier molecular flexibility index (Phi) is 4.07. The van der Waals surface area contributed by atoms with Crippen molar-refractivity contribution >= 4 is 37.5 Å². The van der Waals surface area contributed by atoms with Gasteiger partial charge in [0.25, 0.3) is 0 Å². The van der Waals surface area contributed by atoms with E-state index in [2.05, 4.69) is 27.1 Å². The van der Waals surface area contributed by atoms with E-state index in [1.165, 1.54) is 6.26 Å². The van der Waals surface area contributed by atoms with Gasteiger partial charge in [-0.2, -0.15) is 14.9 Å². The zero-order chi connectivity index (χ0) is 20.2. The van der Waals surface area contributed by atoms with Crippen LogP contribution >= 0.6 is 0 Å². The number of fused-ring (bicyclic) bond motifs is 3. The van der Waals surface area contributed by atoms with Gasteiger partial charge in [-0.3, -0.25) is 5.10 Å². The number of H-pyrrole nitrogens is 1. The zero-order valence-corrected chi connectivity index (χ0v) is 16.8. The quantitative estimate of drug-likeness (QED) is 0.548. The molecule has 5 rings (SSSR count). The zero-order valence-electron chi connectivity index (χ0n) is 16.0. The van der Waals surface area contributed by atoms with Crippen LogP contribution in [0.4, 0.5) is 5.82 Å². The summed E-state index contributed by atoms with van der Waals surface area (Å²) in [7, 11) is -3.45. The average molecular weight is 412 g/mol. The van der Waals surface area contributed by atoms with E-state index in [0.717, 1.165) is 11.2 Å². The summed E-state index contributed by atoms with van der Waals surface area (Å²) in [6.45, 7) is 3.93. The first-order valence-electron chi connectivity index (χ1n) is 9.30. The molecule has 3 aromatic heterocycles. The van der Waals surface area contributed by atoms with Crippen LogP contribution in [-0.4, -0.2) is 65.4 Å². The lowest BCUT2D eigenvalue weighted by atomic mass is 10.1. The number of aromatic nitrogens is 5. The molecule has 1 aromatic carbocycles. The summed E-state index contributed by atoms with van der Waals surface area (Å²) in [4.78, 5) is 7.39. The Hall–Kier alpha value is -2.98. The lowest BCUT2D eigenvalue weighted by Gasteiger charge is -2.35. The number of anilines is 1. The topological polar surface area (TPSA) is 106 Å². The molecule has 1 N–H and O–H groups in total. The van der Waals surface area contributed by atoms with Gasteiger partial charge in [0.2, 0.25) is 0 Å². The smallest absolute Gasteiger partial charge is 0.176 e. The van der Waals surface area contributed by atoms with E-state index in [0.29, 0.717) is 42.0 Å². The predicted octanol–water partition coefficient (Wildman–Crippen LogP) is 1.93. The van der Waals surface area contributed by atoms with Gasteiger partial charge in [0.05, 0.1) is 36.5 Å². The second kappa shape index (κ2) is 6.53. The van der Waals surface area contributed by atoms with Gasteiger partial charge in [-0.15, -0.1) is 0 Å². The Balaban J connectivity index is 1.91. The van der Waals surface area contributed by atoms with Crippen molar-refractivity contribution in [3.63, 3.8) is 0 Å². The Morgan fingerprint density at radius 3 is 2.83 bits per heavy atom. The first-order valence-corrected chi connectivity index (χ1v) is 11.2. The van der Waals surface area contributed by atoms with E-state index in [9.17, 15) is 8.42 Å². The van der Waals surface area contributed by atoms with Crippen LogP contribution < -0.4 is 4.90 Å². The molecular weight excluding hydrogens is 392 g/mol. The minimum atomic E-state index is -3.45. The van der Waals surface area contributed by atoms with E-state index in [4.69, 9.17) is 9.72 Å². The summed E-state index contributed by atoms with van der Waals surface area (Å²) >= 11 is 0. The van der Waals surface area contributed by atoms with Crippen molar-refractivity contribution in [2.45, 2.75) is 17.9 Å². The van der Waals surface area contributed by atoms with E-state index < -0.39 is 9.84 Å². The van der Waals surface area contributed by atoms with Gasteiger partial charge < -0.3 is 9.64 Å². The second-order valence-electron chi connectivity index (χ2n) is 7.24. The van der Waals surface area contributed by atoms with Gasteiger partial charge in [-0.1, -0.05) is 12.1 Å². The van der Waals surface area contributed by atoms with Crippen LogP contribution in [0.15, 0.2) is 41.6 Å². The molecule has 1 saturated heterocycles. The Morgan fingerprint density at radius 1 is 1.24 bits per heavy atom. The van der Waals surface area contributed by atoms with Crippen molar-refractivity contribution in [2.24, 2.45) is 0 Å². The molecule has 0 amide bonds. The number of morpholine rings is 1. The number of aromatic amines is 1. The standard InChI is InChI=1S/C19H20N6O3S/c1-12-11-28-9-8-24(12)18-13-4-3-5-15(29(2,26)27)17(13)14-10-21-25(19(14)22-18)16-6-7-20-23-16/h3-7,10,12H,8-9,11H2,1-2H3,(H,20,23)/t12-/m1/s1. The summed E-state index contributed by atoms with van der Waals surface area (Å²) in [5.74, 6) is 1.39. The van der Waals surface area contributed by atoms with Crippen LogP contribution in [0.25, 0.3) is 27.6 Å². The van der Waals surface area contributed by atoms with Crippen molar-refractivity contribution in [3.05, 3.63) is 36.7 Å². The first kappa shape index (κ1) is 18.1. The van der Waals surface area contributed by atoms with Crippen molar-refractivity contribution in [1.82, 2.24) is 25.0 Å². The second-order valence-corrected chi connectivity index (χ2v) is 9.22. The lowest BCUT2D eigenvalue weighted by molar-refractivity contribution is 0.0987. The lowest BCUT2D eigenvalue weighted by Crippen LogP contribution is -2.44. The summed E-state index contributed by atoms with van der Waals surface area (Å²) in [5, 5.41) is 13.5. The molecule has 0 bridgehead atoms. The number of nitrogens with zero attached hydrogens (tertiary/aromatic N) is 5. The van der Waals surface area contributed by atoms with E-state index >= 15 is 0 Å². The monoisotopic (exact) mass is 412 g/mol. The third-order valence-electron chi connectivity index (χ3n) is 5.25. The number of ether oxygens (including phenoxy) is 1. The highest BCUT2D eigenvalue weighted by atomic mass is 32.2. The SMILES string of the molecule is C[C@@H]1COCCN1c1nc2c(cnn2-c2ccn[nH]2)c2c(S(C)(=O)=O)cccc12. The molecule has 29 heavy (non-hydrogen) atoms. The van der Waals surface area contributed by atoms with Gasteiger partial charge in [0.15, 0.2) is 21.3 Å². The maximum Gasteiger partial charge on any atom is 0.176 e. The third-order valence-corrected chi connectivity index (χ3v) is 6.38. The minimum Gasteiger partial charge on any atom is -0.377 e. The predicted molar refractivity (Wildman–Crippen MR) is 109 cm³/mol. The molecule has 9 nitrogen and oxygen atoms in total. The largest absolute Gasteiger partial charge is 0.377 e. The highest BCUT2D eigenvalue weighted by Crippen LogP contribution is 2.37. The van der Waals surface area contributed by atoms with Crippen molar-refractivity contribution in [3.8, 4) is 5.82 Å². The molecular formula is C19H20N6O3S. The van der Waals surface area contributed by atoms with Crippen molar-refractivity contribution in [2.75, 3.05) is 30.9 Å². The van der Waals surface area contributed by atoms with Crippen molar-refractivity contribution in [1.29, 1.82) is 0 Å². The Morgan fingerprint density at radius 2 is 2.10 bits per heavy atom. The van der Waals surface area contributed by atoms with Crippen LogP contribution in [0.3, 0.4) is 0 Å². The van der Waals surface area contributed by atoms with Gasteiger partial charge in [0, 0.05) is 35.0 Å². The van der Waals surface area contributed by atoms with Crippen molar-refractivity contribution < 1.29 is 13.2 Å². The van der Waals surface area contributed by atoms with E-state index in [1.54, 1.807) is 35.3 Å². The highest BCUT2D eigenvalue weighted by Gasteiger charge is 2.26.